The number of rotatable bonds is 5. The Bertz CT molecular complexity index is 621. The minimum absolute atomic E-state index is 0.529. The maximum Gasteiger partial charge on any atom is 0.219 e. The molecule has 0 saturated carbocycles. The number of aromatic nitrogens is 1. The highest BCUT2D eigenvalue weighted by Crippen LogP contribution is 2.31. The van der Waals surface area contributed by atoms with E-state index >= 15 is 0 Å². The average Bonchev–Trinajstić information content (AvgIpc) is 2.43. The van der Waals surface area contributed by atoms with Gasteiger partial charge >= 0.3 is 0 Å². The van der Waals surface area contributed by atoms with Crippen molar-refractivity contribution in [2.75, 3.05) is 6.54 Å². The molecule has 3 nitrogen and oxygen atoms in total. The third-order valence-corrected chi connectivity index (χ3v) is 3.63. The second-order valence-electron chi connectivity index (χ2n) is 4.83. The molecule has 0 aliphatic carbocycles. The fraction of sp³-hybridized carbons (Fsp3) is 0.312. The number of halogens is 2. The Morgan fingerprint density at radius 3 is 2.43 bits per heavy atom. The lowest BCUT2D eigenvalue weighted by atomic mass is 10.1. The van der Waals surface area contributed by atoms with E-state index in [0.29, 0.717) is 22.5 Å². The van der Waals surface area contributed by atoms with Gasteiger partial charge in [-0.05, 0) is 49.7 Å². The summed E-state index contributed by atoms with van der Waals surface area (Å²) >= 11 is 12.2. The normalized spacial score (nSPS) is 10.7. The molecular formula is C16H18Cl2N2O. The van der Waals surface area contributed by atoms with Crippen molar-refractivity contribution in [1.82, 2.24) is 10.3 Å². The van der Waals surface area contributed by atoms with Crippen LogP contribution in [-0.4, -0.2) is 11.5 Å². The quantitative estimate of drug-likeness (QED) is 0.848. The van der Waals surface area contributed by atoms with Crippen molar-refractivity contribution < 1.29 is 4.74 Å². The van der Waals surface area contributed by atoms with E-state index in [-0.39, 0.29) is 0 Å². The Morgan fingerprint density at radius 1 is 1.14 bits per heavy atom. The van der Waals surface area contributed by atoms with E-state index in [0.717, 1.165) is 29.1 Å². The van der Waals surface area contributed by atoms with Crippen LogP contribution in [0, 0.1) is 13.8 Å². The van der Waals surface area contributed by atoms with Crippen molar-refractivity contribution in [3.8, 4) is 11.6 Å². The molecule has 2 rings (SSSR count). The molecule has 0 atom stereocenters. The van der Waals surface area contributed by atoms with Gasteiger partial charge in [-0.3, -0.25) is 0 Å². The molecule has 0 aliphatic heterocycles. The number of ether oxygens (including phenoxy) is 1. The number of pyridine rings is 1. The van der Waals surface area contributed by atoms with Crippen LogP contribution in [0.2, 0.25) is 10.0 Å². The lowest BCUT2D eigenvalue weighted by Gasteiger charge is -2.13. The predicted molar refractivity (Wildman–Crippen MR) is 87.6 cm³/mol. The van der Waals surface area contributed by atoms with Crippen LogP contribution in [0.25, 0.3) is 0 Å². The van der Waals surface area contributed by atoms with Crippen LogP contribution < -0.4 is 10.1 Å². The highest BCUT2D eigenvalue weighted by molar-refractivity contribution is 6.31. The Labute approximate surface area is 135 Å². The van der Waals surface area contributed by atoms with Gasteiger partial charge in [-0.15, -0.1) is 0 Å². The highest BCUT2D eigenvalue weighted by atomic mass is 35.5. The van der Waals surface area contributed by atoms with Gasteiger partial charge in [0.05, 0.1) is 10.7 Å². The van der Waals surface area contributed by atoms with Gasteiger partial charge in [0.25, 0.3) is 0 Å². The first-order valence-electron chi connectivity index (χ1n) is 6.82. The molecule has 1 heterocycles. The summed E-state index contributed by atoms with van der Waals surface area (Å²) in [5.74, 6) is 1.31. The zero-order valence-electron chi connectivity index (χ0n) is 12.3. The summed E-state index contributed by atoms with van der Waals surface area (Å²) in [6.45, 7) is 7.44. The average molecular weight is 325 g/mol. The molecule has 0 aliphatic rings. The number of aryl methyl sites for hydroxylation is 2. The van der Waals surface area contributed by atoms with Gasteiger partial charge in [0.1, 0.15) is 5.75 Å². The van der Waals surface area contributed by atoms with E-state index in [2.05, 4.69) is 10.3 Å². The zero-order chi connectivity index (χ0) is 15.4. The maximum absolute atomic E-state index is 6.14. The Hall–Kier alpha value is -1.29. The number of nitrogens with zero attached hydrogens (tertiary/aromatic N) is 1. The summed E-state index contributed by atoms with van der Waals surface area (Å²) in [5, 5.41) is 4.54. The number of hydrogen-bond donors (Lipinski definition) is 1. The van der Waals surface area contributed by atoms with Crippen molar-refractivity contribution in [3.63, 3.8) is 0 Å². The molecular weight excluding hydrogens is 307 g/mol. The molecule has 21 heavy (non-hydrogen) atoms. The summed E-state index contributed by atoms with van der Waals surface area (Å²) in [6, 6.07) is 7.32. The van der Waals surface area contributed by atoms with Gasteiger partial charge in [0.15, 0.2) is 0 Å². The molecule has 0 fully saturated rings. The molecule has 1 aromatic heterocycles. The highest BCUT2D eigenvalue weighted by Gasteiger charge is 2.10. The fourth-order valence-corrected chi connectivity index (χ4v) is 2.55. The van der Waals surface area contributed by atoms with E-state index in [1.165, 1.54) is 0 Å². The molecule has 0 unspecified atom stereocenters. The molecule has 1 N–H and O–H groups in total. The molecule has 1 aromatic carbocycles. The van der Waals surface area contributed by atoms with Crippen molar-refractivity contribution in [2.24, 2.45) is 0 Å². The molecule has 112 valence electrons. The van der Waals surface area contributed by atoms with Crippen LogP contribution in [0.1, 0.15) is 23.7 Å². The first-order valence-corrected chi connectivity index (χ1v) is 7.57. The minimum Gasteiger partial charge on any atom is -0.438 e. The second-order valence-corrected chi connectivity index (χ2v) is 5.67. The third kappa shape index (κ3) is 4.10. The molecule has 0 bridgehead atoms. The molecule has 0 spiro atoms. The van der Waals surface area contributed by atoms with Crippen LogP contribution in [0.5, 0.6) is 11.6 Å². The maximum atomic E-state index is 6.14. The number of nitrogens with one attached hydrogen (secondary N) is 1. The van der Waals surface area contributed by atoms with Crippen LogP contribution in [0.3, 0.4) is 0 Å². The van der Waals surface area contributed by atoms with E-state index in [4.69, 9.17) is 27.9 Å². The largest absolute Gasteiger partial charge is 0.438 e. The van der Waals surface area contributed by atoms with Gasteiger partial charge in [-0.1, -0.05) is 30.1 Å². The van der Waals surface area contributed by atoms with E-state index in [1.54, 1.807) is 12.1 Å². The monoisotopic (exact) mass is 324 g/mol. The van der Waals surface area contributed by atoms with Gasteiger partial charge in [0.2, 0.25) is 5.88 Å². The molecule has 0 saturated heterocycles. The lowest BCUT2D eigenvalue weighted by molar-refractivity contribution is 0.453. The summed E-state index contributed by atoms with van der Waals surface area (Å²) in [5.41, 5.74) is 2.73. The van der Waals surface area contributed by atoms with Crippen LogP contribution in [0.15, 0.2) is 24.3 Å². The zero-order valence-corrected chi connectivity index (χ0v) is 13.8. The fourth-order valence-electron chi connectivity index (χ4n) is 2.05. The van der Waals surface area contributed by atoms with Gasteiger partial charge in [0, 0.05) is 17.6 Å². The summed E-state index contributed by atoms with van der Waals surface area (Å²) in [7, 11) is 0. The Balaban J connectivity index is 2.28. The smallest absolute Gasteiger partial charge is 0.219 e. The van der Waals surface area contributed by atoms with Gasteiger partial charge in [-0.2, -0.15) is 0 Å². The summed E-state index contributed by atoms with van der Waals surface area (Å²) in [6.07, 6.45) is 0. The van der Waals surface area contributed by atoms with Crippen molar-refractivity contribution in [1.29, 1.82) is 0 Å². The van der Waals surface area contributed by atoms with Crippen molar-refractivity contribution in [3.05, 3.63) is 51.1 Å². The minimum atomic E-state index is 0.529. The molecule has 0 radical (unpaired) electrons. The van der Waals surface area contributed by atoms with E-state index < -0.39 is 0 Å². The lowest BCUT2D eigenvalue weighted by Crippen LogP contribution is -2.13. The standard InChI is InChI=1S/C16H18Cl2N2O/c1-4-19-9-14-13(18)5-6-15(20-14)21-16-10(2)7-12(17)8-11(16)3/h5-8,19H,4,9H2,1-3H3. The predicted octanol–water partition coefficient (Wildman–Crippen LogP) is 4.91. The molecule has 5 heteroatoms. The van der Waals surface area contributed by atoms with E-state index in [1.807, 2.05) is 32.9 Å². The molecule has 0 amide bonds. The van der Waals surface area contributed by atoms with Crippen LogP contribution in [-0.2, 0) is 6.54 Å². The summed E-state index contributed by atoms with van der Waals surface area (Å²) in [4.78, 5) is 4.46. The summed E-state index contributed by atoms with van der Waals surface area (Å²) < 4.78 is 5.91. The van der Waals surface area contributed by atoms with Gasteiger partial charge < -0.3 is 10.1 Å². The van der Waals surface area contributed by atoms with Crippen molar-refractivity contribution >= 4 is 23.2 Å². The second kappa shape index (κ2) is 7.12. The Morgan fingerprint density at radius 2 is 1.81 bits per heavy atom. The van der Waals surface area contributed by atoms with Crippen molar-refractivity contribution in [2.45, 2.75) is 27.3 Å². The van der Waals surface area contributed by atoms with Gasteiger partial charge in [-0.25, -0.2) is 4.98 Å². The number of benzene rings is 1. The Kier molecular flexibility index (Phi) is 5.45. The first kappa shape index (κ1) is 16.1. The topological polar surface area (TPSA) is 34.2 Å². The number of hydrogen-bond acceptors (Lipinski definition) is 3. The van der Waals surface area contributed by atoms with Crippen LogP contribution >= 0.6 is 23.2 Å². The van der Waals surface area contributed by atoms with E-state index in [9.17, 15) is 0 Å². The third-order valence-electron chi connectivity index (χ3n) is 3.07. The first-order chi connectivity index (χ1) is 10.0. The molecule has 2 aromatic rings. The van der Waals surface area contributed by atoms with Crippen LogP contribution in [0.4, 0.5) is 0 Å². The SMILES string of the molecule is CCNCc1nc(Oc2c(C)cc(Cl)cc2C)ccc1Cl.